The normalized spacial score (nSPS) is 22.0. The van der Waals surface area contributed by atoms with Gasteiger partial charge in [-0.3, -0.25) is 0 Å². The molecule has 2 saturated heterocycles. The van der Waals surface area contributed by atoms with Crippen LogP contribution in [0, 0.1) is 17.6 Å². The molecular weight excluding hydrogens is 679 g/mol. The molecule has 44 heavy (non-hydrogen) atoms. The summed E-state index contributed by atoms with van der Waals surface area (Å²) < 4.78 is 69.1. The van der Waals surface area contributed by atoms with Crippen LogP contribution in [0.15, 0.2) is 36.4 Å². The molecule has 0 unspecified atom stereocenters. The number of halogens is 3. The Bertz CT molecular complexity index is 1200. The Morgan fingerprint density at radius 3 is 1.64 bits per heavy atom. The monoisotopic (exact) mass is 744 g/mol. The van der Waals surface area contributed by atoms with Crippen LogP contribution in [0.25, 0.3) is 0 Å². The first-order valence-corrected chi connectivity index (χ1v) is 16.2. The zero-order chi connectivity index (χ0) is 36.3. The molecule has 7 nitrogen and oxygen atoms in total. The van der Waals surface area contributed by atoms with Crippen molar-refractivity contribution in [2.45, 2.75) is 88.7 Å². The fourth-order valence-corrected chi connectivity index (χ4v) is 5.95. The molecule has 254 valence electrons. The molecular formula is C34H58F2IN3O4. The van der Waals surface area contributed by atoms with Crippen molar-refractivity contribution in [2.24, 2.45) is 5.92 Å². The van der Waals surface area contributed by atoms with Crippen LogP contribution in [0.2, 0.25) is 0 Å². The Hall–Kier alpha value is -1.57. The third-order valence-corrected chi connectivity index (χ3v) is 8.92. The average Bonchev–Trinajstić information content (AvgIpc) is 4.03. The van der Waals surface area contributed by atoms with Crippen LogP contribution in [0.5, 0.6) is 11.5 Å². The second kappa shape index (κ2) is 16.8. The van der Waals surface area contributed by atoms with E-state index in [0.717, 1.165) is 65.0 Å². The molecule has 2 heterocycles. The molecule has 2 saturated carbocycles. The summed E-state index contributed by atoms with van der Waals surface area (Å²) in [5.74, 6) is -0.0661. The second-order valence-electron chi connectivity index (χ2n) is 12.8. The van der Waals surface area contributed by atoms with Crippen LogP contribution in [-0.2, 0) is 0 Å². The van der Waals surface area contributed by atoms with Gasteiger partial charge in [-0.15, -0.1) is 24.0 Å². The number of likely N-dealkylation sites (tertiary alicyclic amines) is 2. The highest BCUT2D eigenvalue weighted by Gasteiger charge is 2.28. The van der Waals surface area contributed by atoms with Gasteiger partial charge < -0.3 is 34.8 Å². The summed E-state index contributed by atoms with van der Waals surface area (Å²) in [5.41, 5.74) is 1.24. The first-order valence-electron chi connectivity index (χ1n) is 19.2. The van der Waals surface area contributed by atoms with E-state index < -0.39 is 12.2 Å². The van der Waals surface area contributed by atoms with E-state index in [9.17, 15) is 19.0 Å². The number of rotatable bonds is 13. The second-order valence-corrected chi connectivity index (χ2v) is 12.8. The van der Waals surface area contributed by atoms with E-state index in [1.54, 1.807) is 24.3 Å². The minimum atomic E-state index is -0.727. The predicted octanol–water partition coefficient (Wildman–Crippen LogP) is 6.82. The SMILES string of the molecule is CN[C@H](CN1CCCC1)[C@H](O)c1ccc(OC2CC2)c(F)c1.C[C@H](CN1CCCC1)[C@H](O)c1ccc(OC2CC2)c(F)c1.I.[2HH].[2H][2H].[2H][2H].[2H][2H]. The number of hydrogen-bond donors (Lipinski definition) is 3. The third kappa shape index (κ3) is 10.2. The number of likely N-dealkylation sites (N-methyl/N-ethyl adjacent to an activating group) is 1. The molecule has 0 aromatic heterocycles. The Balaban J connectivity index is 0.000000828. The van der Waals surface area contributed by atoms with Crippen molar-refractivity contribution in [3.05, 3.63) is 59.2 Å². The molecule has 0 bridgehead atoms. The molecule has 10 heteroatoms. The minimum absolute atomic E-state index is 0. The zero-order valence-electron chi connectivity index (χ0n) is 32.1. The number of benzene rings is 2. The Labute approximate surface area is 289 Å². The molecule has 4 aliphatic rings. The smallest absolute Gasteiger partial charge is 0.165 e. The molecule has 6 rings (SSSR count). The molecule has 4 fully saturated rings. The number of nitrogens with zero attached hydrogens (tertiary/aromatic N) is 2. The molecule has 0 amide bonds. The Kier molecular flexibility index (Phi) is 11.9. The number of aliphatic hydroxyl groups excluding tert-OH is 2. The van der Waals surface area contributed by atoms with Crippen LogP contribution in [0.4, 0.5) is 8.78 Å². The fraction of sp³-hybridized carbons (Fsp3) is 0.647. The summed E-state index contributed by atoms with van der Waals surface area (Å²) >= 11 is 0. The summed E-state index contributed by atoms with van der Waals surface area (Å²) in [7, 11) is 1.84. The van der Waals surface area contributed by atoms with Gasteiger partial charge in [-0.25, -0.2) is 8.78 Å². The fourth-order valence-electron chi connectivity index (χ4n) is 5.95. The molecule has 4 atom stereocenters. The summed E-state index contributed by atoms with van der Waals surface area (Å²) in [6, 6.07) is 9.54. The van der Waals surface area contributed by atoms with Gasteiger partial charge in [0.2, 0.25) is 0 Å². The van der Waals surface area contributed by atoms with Crippen molar-refractivity contribution in [2.75, 3.05) is 46.3 Å². The van der Waals surface area contributed by atoms with Gasteiger partial charge >= 0.3 is 0 Å². The topological polar surface area (TPSA) is 77.4 Å². The highest BCUT2D eigenvalue weighted by molar-refractivity contribution is 14.0. The number of nitrogens with one attached hydrogen (secondary N) is 1. The van der Waals surface area contributed by atoms with E-state index in [-0.39, 0.29) is 61.2 Å². The van der Waals surface area contributed by atoms with E-state index >= 15 is 0 Å². The van der Waals surface area contributed by atoms with Gasteiger partial charge in [0.25, 0.3) is 0 Å². The highest BCUT2D eigenvalue weighted by Crippen LogP contribution is 2.32. The van der Waals surface area contributed by atoms with Crippen LogP contribution < -0.4 is 14.8 Å². The van der Waals surface area contributed by atoms with E-state index in [1.807, 2.05) is 14.0 Å². The van der Waals surface area contributed by atoms with Crippen molar-refractivity contribution >= 4 is 24.0 Å². The van der Waals surface area contributed by atoms with Gasteiger partial charge in [0, 0.05) is 29.5 Å². The van der Waals surface area contributed by atoms with Crippen LogP contribution in [0.1, 0.15) is 92.0 Å². The molecule has 0 radical (unpaired) electrons. The number of ether oxygens (including phenoxy) is 2. The molecule has 3 N–H and O–H groups in total. The first kappa shape index (κ1) is 31.1. The standard InChI is InChI=1S/C17H25FN2O2.C17H24FNO2.HI.4H2/c1-19-15(11-20-8-2-3-9-20)17(21)12-4-7-16(14(18)10-12)22-13-5-6-13;1-12(11-19-8-2-3-9-19)17(20)13-4-7-16(15(18)10-13)21-14-5-6-14;;;;;/h4,7,10,13,15,17,19,21H,2-3,5-6,8-9,11H2,1H3;4,7,10,12,14,17,20H,2-3,5-6,8-9,11H2,1H3;5*1H/t15-,17-;12-,17+;;;;;/m11...../s1/i;;;3*1+1D;1+1. The van der Waals surface area contributed by atoms with Gasteiger partial charge in [-0.2, -0.15) is 0 Å². The van der Waals surface area contributed by atoms with Crippen LogP contribution in [0.3, 0.4) is 0 Å². The predicted molar refractivity (Wildman–Crippen MR) is 187 cm³/mol. The minimum Gasteiger partial charge on any atom is -0.487 e. The lowest BCUT2D eigenvalue weighted by atomic mass is 9.96. The average molecular weight is 745 g/mol. The third-order valence-electron chi connectivity index (χ3n) is 8.92. The van der Waals surface area contributed by atoms with Gasteiger partial charge in [-0.05, 0) is 126 Å². The zero-order valence-corrected chi connectivity index (χ0v) is 28.4. The van der Waals surface area contributed by atoms with E-state index in [4.69, 9.17) is 18.4 Å². The molecule has 0 spiro atoms. The van der Waals surface area contributed by atoms with Crippen LogP contribution >= 0.6 is 24.0 Å². The maximum Gasteiger partial charge on any atom is 0.165 e. The van der Waals surface area contributed by atoms with E-state index in [0.29, 0.717) is 22.6 Å². The lowest BCUT2D eigenvalue weighted by molar-refractivity contribution is 0.0942. The van der Waals surface area contributed by atoms with Gasteiger partial charge in [0.1, 0.15) is 0 Å². The van der Waals surface area contributed by atoms with E-state index in [2.05, 4.69) is 15.1 Å². The lowest BCUT2D eigenvalue weighted by Gasteiger charge is -2.27. The van der Waals surface area contributed by atoms with Gasteiger partial charge in [-0.1, -0.05) is 19.1 Å². The van der Waals surface area contributed by atoms with Crippen molar-refractivity contribution in [3.63, 3.8) is 0 Å². The molecule has 2 aromatic carbocycles. The molecule has 2 aliphatic heterocycles. The number of aliphatic hydroxyl groups is 2. The highest BCUT2D eigenvalue weighted by atomic mass is 127. The van der Waals surface area contributed by atoms with Crippen molar-refractivity contribution in [1.82, 2.24) is 15.1 Å². The van der Waals surface area contributed by atoms with Crippen molar-refractivity contribution in [1.29, 1.82) is 0 Å². The Morgan fingerprint density at radius 2 is 1.23 bits per heavy atom. The van der Waals surface area contributed by atoms with Crippen molar-refractivity contribution < 1.29 is 38.8 Å². The summed E-state index contributed by atoms with van der Waals surface area (Å²) in [4.78, 5) is 4.71. The van der Waals surface area contributed by atoms with Gasteiger partial charge in [0.05, 0.1) is 24.4 Å². The van der Waals surface area contributed by atoms with Crippen LogP contribution in [-0.4, -0.2) is 84.6 Å². The van der Waals surface area contributed by atoms with Crippen molar-refractivity contribution in [3.8, 4) is 11.5 Å². The lowest BCUT2D eigenvalue weighted by Crippen LogP contribution is -2.42. The summed E-state index contributed by atoms with van der Waals surface area (Å²) in [6.07, 6.45) is 7.94. The first-order chi connectivity index (χ1) is 23.8. The van der Waals surface area contributed by atoms with Gasteiger partial charge in [0.15, 0.2) is 23.1 Å². The largest absolute Gasteiger partial charge is 0.487 e. The summed E-state index contributed by atoms with van der Waals surface area (Å²) in [6.45, 7) is 8.04. The maximum atomic E-state index is 14.1. The Morgan fingerprint density at radius 1 is 0.795 bits per heavy atom. The molecule has 2 aliphatic carbocycles. The molecule has 2 aromatic rings. The summed E-state index contributed by atoms with van der Waals surface area (Å²) in [5, 5.41) is 24.1. The maximum absolute atomic E-state index is 14.1. The number of hydrogen-bond acceptors (Lipinski definition) is 7. The quantitative estimate of drug-likeness (QED) is 0.195. The van der Waals surface area contributed by atoms with E-state index in [1.165, 1.54) is 37.8 Å².